The number of unbranched alkanes of at least 4 members (excludes halogenated alkanes) is 2. The molecule has 0 radical (unpaired) electrons. The molecule has 1 heterocycles. The normalized spacial score (nSPS) is 19.9. The summed E-state index contributed by atoms with van der Waals surface area (Å²) in [5, 5.41) is 0. The molecule has 0 amide bonds. The SMILES string of the molecule is CCCCC[C@@H]1OC(=O)C(C)=C1C(=O)OC. The molecular weight excluding hydrogens is 208 g/mol. The summed E-state index contributed by atoms with van der Waals surface area (Å²) in [6.45, 7) is 3.71. The lowest BCUT2D eigenvalue weighted by molar-refractivity contribution is -0.141. The van der Waals surface area contributed by atoms with E-state index in [0.29, 0.717) is 17.6 Å². The van der Waals surface area contributed by atoms with Gasteiger partial charge in [-0.1, -0.05) is 19.8 Å². The highest BCUT2D eigenvalue weighted by Gasteiger charge is 2.35. The van der Waals surface area contributed by atoms with Crippen molar-refractivity contribution in [2.24, 2.45) is 0 Å². The summed E-state index contributed by atoms with van der Waals surface area (Å²) in [4.78, 5) is 22.9. The molecule has 0 saturated carbocycles. The second kappa shape index (κ2) is 5.68. The van der Waals surface area contributed by atoms with Crippen molar-refractivity contribution in [3.63, 3.8) is 0 Å². The van der Waals surface area contributed by atoms with E-state index in [-0.39, 0.29) is 0 Å². The summed E-state index contributed by atoms with van der Waals surface area (Å²) in [7, 11) is 1.31. The van der Waals surface area contributed by atoms with Crippen LogP contribution in [0.15, 0.2) is 11.1 Å². The molecule has 1 aliphatic rings. The number of hydrogen-bond donors (Lipinski definition) is 0. The van der Waals surface area contributed by atoms with Crippen LogP contribution < -0.4 is 0 Å². The van der Waals surface area contributed by atoms with Gasteiger partial charge in [-0.3, -0.25) is 0 Å². The third-order valence-corrected chi connectivity index (χ3v) is 2.76. The standard InChI is InChI=1S/C12H18O4/c1-4-5-6-7-9-10(12(14)15-3)8(2)11(13)16-9/h9H,4-7H2,1-3H3/t9-/m0/s1. The highest BCUT2D eigenvalue weighted by atomic mass is 16.6. The van der Waals surface area contributed by atoms with Crippen molar-refractivity contribution >= 4 is 11.9 Å². The Morgan fingerprint density at radius 3 is 2.69 bits per heavy atom. The number of rotatable bonds is 5. The molecule has 4 nitrogen and oxygen atoms in total. The number of cyclic esters (lactones) is 1. The molecule has 0 aromatic carbocycles. The predicted molar refractivity (Wildman–Crippen MR) is 58.7 cm³/mol. The van der Waals surface area contributed by atoms with Gasteiger partial charge in [0.15, 0.2) is 0 Å². The molecule has 0 saturated heterocycles. The van der Waals surface area contributed by atoms with Crippen molar-refractivity contribution in [3.05, 3.63) is 11.1 Å². The summed E-state index contributed by atoms with van der Waals surface area (Å²) in [5.41, 5.74) is 0.775. The van der Waals surface area contributed by atoms with E-state index in [1.54, 1.807) is 6.92 Å². The molecule has 0 aromatic rings. The first-order valence-electron chi connectivity index (χ1n) is 5.61. The highest BCUT2D eigenvalue weighted by Crippen LogP contribution is 2.27. The van der Waals surface area contributed by atoms with Crippen molar-refractivity contribution in [1.82, 2.24) is 0 Å². The Morgan fingerprint density at radius 2 is 2.12 bits per heavy atom. The van der Waals surface area contributed by atoms with Crippen molar-refractivity contribution in [3.8, 4) is 0 Å². The Balaban J connectivity index is 2.71. The van der Waals surface area contributed by atoms with Gasteiger partial charge in [-0.2, -0.15) is 0 Å². The van der Waals surface area contributed by atoms with E-state index in [1.165, 1.54) is 7.11 Å². The predicted octanol–water partition coefficient (Wildman–Crippen LogP) is 1.98. The minimum atomic E-state index is -0.454. The average molecular weight is 226 g/mol. The van der Waals surface area contributed by atoms with Gasteiger partial charge < -0.3 is 9.47 Å². The number of ether oxygens (including phenoxy) is 2. The van der Waals surface area contributed by atoms with E-state index in [0.717, 1.165) is 19.3 Å². The fraction of sp³-hybridized carbons (Fsp3) is 0.667. The van der Waals surface area contributed by atoms with Gasteiger partial charge in [0, 0.05) is 5.57 Å². The monoisotopic (exact) mass is 226 g/mol. The fourth-order valence-corrected chi connectivity index (χ4v) is 1.81. The zero-order valence-corrected chi connectivity index (χ0v) is 10.0. The highest BCUT2D eigenvalue weighted by molar-refractivity contribution is 6.03. The van der Waals surface area contributed by atoms with Crippen molar-refractivity contribution in [1.29, 1.82) is 0 Å². The van der Waals surface area contributed by atoms with E-state index in [2.05, 4.69) is 11.7 Å². The van der Waals surface area contributed by atoms with Crippen LogP contribution >= 0.6 is 0 Å². The van der Waals surface area contributed by atoms with Crippen LogP contribution in [0, 0.1) is 0 Å². The maximum absolute atomic E-state index is 11.5. The Hall–Kier alpha value is -1.32. The van der Waals surface area contributed by atoms with E-state index in [4.69, 9.17) is 4.74 Å². The van der Waals surface area contributed by atoms with Gasteiger partial charge in [0.2, 0.25) is 0 Å². The molecule has 0 N–H and O–H groups in total. The van der Waals surface area contributed by atoms with Crippen LogP contribution in [0.2, 0.25) is 0 Å². The van der Waals surface area contributed by atoms with E-state index < -0.39 is 18.0 Å². The molecule has 0 unspecified atom stereocenters. The lowest BCUT2D eigenvalue weighted by atomic mass is 10.0. The molecule has 0 aliphatic carbocycles. The first-order valence-corrected chi connectivity index (χ1v) is 5.61. The molecule has 16 heavy (non-hydrogen) atoms. The van der Waals surface area contributed by atoms with Gasteiger partial charge in [-0.05, 0) is 19.8 Å². The molecule has 1 rings (SSSR count). The van der Waals surface area contributed by atoms with Gasteiger partial charge in [-0.25, -0.2) is 9.59 Å². The smallest absolute Gasteiger partial charge is 0.338 e. The molecule has 0 fully saturated rings. The van der Waals surface area contributed by atoms with Crippen LogP contribution in [-0.2, 0) is 19.1 Å². The summed E-state index contributed by atoms with van der Waals surface area (Å²) >= 11 is 0. The Kier molecular flexibility index (Phi) is 4.52. The second-order valence-corrected chi connectivity index (χ2v) is 3.92. The summed E-state index contributed by atoms with van der Waals surface area (Å²) in [5.74, 6) is -0.855. The fourth-order valence-electron chi connectivity index (χ4n) is 1.81. The van der Waals surface area contributed by atoms with Gasteiger partial charge in [0.25, 0.3) is 0 Å². The second-order valence-electron chi connectivity index (χ2n) is 3.92. The zero-order valence-electron chi connectivity index (χ0n) is 10.0. The van der Waals surface area contributed by atoms with E-state index >= 15 is 0 Å². The lowest BCUT2D eigenvalue weighted by Crippen LogP contribution is -2.18. The third-order valence-electron chi connectivity index (χ3n) is 2.76. The molecule has 4 heteroatoms. The van der Waals surface area contributed by atoms with Crippen LogP contribution in [0.25, 0.3) is 0 Å². The summed E-state index contributed by atoms with van der Waals surface area (Å²) < 4.78 is 9.80. The Bertz CT molecular complexity index is 317. The number of hydrogen-bond acceptors (Lipinski definition) is 4. The molecule has 0 bridgehead atoms. The maximum atomic E-state index is 11.5. The first-order chi connectivity index (χ1) is 7.61. The van der Waals surface area contributed by atoms with E-state index in [9.17, 15) is 9.59 Å². The average Bonchev–Trinajstić information content (AvgIpc) is 2.55. The largest absolute Gasteiger partial charge is 0.466 e. The lowest BCUT2D eigenvalue weighted by Gasteiger charge is -2.12. The number of carbonyl (C=O) groups excluding carboxylic acids is 2. The zero-order chi connectivity index (χ0) is 12.1. The minimum absolute atomic E-state index is 0.383. The Morgan fingerprint density at radius 1 is 1.44 bits per heavy atom. The summed E-state index contributed by atoms with van der Waals surface area (Å²) in [6, 6.07) is 0. The number of esters is 2. The van der Waals surface area contributed by atoms with Crippen molar-refractivity contribution in [2.45, 2.75) is 45.6 Å². The van der Waals surface area contributed by atoms with Crippen LogP contribution in [-0.4, -0.2) is 25.2 Å². The molecular formula is C12H18O4. The van der Waals surface area contributed by atoms with Crippen LogP contribution in [0.3, 0.4) is 0 Å². The minimum Gasteiger partial charge on any atom is -0.466 e. The molecule has 1 aliphatic heterocycles. The topological polar surface area (TPSA) is 52.6 Å². The molecule has 90 valence electrons. The Labute approximate surface area is 95.6 Å². The molecule has 0 aromatic heterocycles. The van der Waals surface area contributed by atoms with Crippen LogP contribution in [0.5, 0.6) is 0 Å². The summed E-state index contributed by atoms with van der Waals surface area (Å²) in [6.07, 6.45) is 3.40. The number of methoxy groups -OCH3 is 1. The van der Waals surface area contributed by atoms with Gasteiger partial charge in [-0.15, -0.1) is 0 Å². The first kappa shape index (κ1) is 12.7. The third kappa shape index (κ3) is 2.62. The molecule has 1 atom stereocenters. The van der Waals surface area contributed by atoms with E-state index in [1.807, 2.05) is 0 Å². The van der Waals surface area contributed by atoms with Gasteiger partial charge in [0.1, 0.15) is 6.10 Å². The van der Waals surface area contributed by atoms with Crippen LogP contribution in [0.1, 0.15) is 39.5 Å². The van der Waals surface area contributed by atoms with Gasteiger partial charge >= 0.3 is 11.9 Å². The van der Waals surface area contributed by atoms with Crippen molar-refractivity contribution in [2.75, 3.05) is 7.11 Å². The quantitative estimate of drug-likeness (QED) is 0.531. The maximum Gasteiger partial charge on any atom is 0.338 e. The van der Waals surface area contributed by atoms with Crippen molar-refractivity contribution < 1.29 is 19.1 Å². The number of carbonyl (C=O) groups is 2. The molecule has 0 spiro atoms. The van der Waals surface area contributed by atoms with Crippen LogP contribution in [0.4, 0.5) is 0 Å². The van der Waals surface area contributed by atoms with Gasteiger partial charge in [0.05, 0.1) is 12.7 Å².